The first kappa shape index (κ1) is 21.0. The summed E-state index contributed by atoms with van der Waals surface area (Å²) < 4.78 is 24.6. The van der Waals surface area contributed by atoms with Crippen LogP contribution in [0.4, 0.5) is 4.39 Å². The molecule has 1 aliphatic rings. The molecule has 0 saturated carbocycles. The van der Waals surface area contributed by atoms with E-state index in [1.54, 1.807) is 17.0 Å². The van der Waals surface area contributed by atoms with Crippen LogP contribution in [0, 0.1) is 5.82 Å². The fraction of sp³-hybridized carbons (Fsp3) is 0.375. The van der Waals surface area contributed by atoms with Crippen LogP contribution in [0.15, 0.2) is 52.9 Å². The molecule has 3 aromatic rings. The Hall–Kier alpha value is -3.22. The van der Waals surface area contributed by atoms with Gasteiger partial charge in [0.2, 0.25) is 11.8 Å². The second-order valence-corrected chi connectivity index (χ2v) is 8.14. The molecule has 31 heavy (non-hydrogen) atoms. The van der Waals surface area contributed by atoms with Crippen molar-refractivity contribution < 1.29 is 18.3 Å². The molecule has 1 aromatic heterocycles. The Labute approximate surface area is 181 Å². The topological polar surface area (TPSA) is 68.5 Å². The average molecular weight is 423 g/mol. The minimum absolute atomic E-state index is 0.00158. The zero-order chi connectivity index (χ0) is 21.8. The maximum Gasteiger partial charge on any atom is 0.260 e. The lowest BCUT2D eigenvalue weighted by Gasteiger charge is -2.31. The van der Waals surface area contributed by atoms with E-state index in [1.165, 1.54) is 17.7 Å². The summed E-state index contributed by atoms with van der Waals surface area (Å²) in [5.41, 5.74) is 1.90. The highest BCUT2D eigenvalue weighted by molar-refractivity contribution is 5.78. The number of halogens is 1. The van der Waals surface area contributed by atoms with Gasteiger partial charge in [-0.2, -0.15) is 0 Å². The molecular formula is C24H26FN3O3. The van der Waals surface area contributed by atoms with E-state index in [2.05, 4.69) is 24.0 Å². The van der Waals surface area contributed by atoms with Gasteiger partial charge in [0.05, 0.1) is 5.92 Å². The standard InChI is InChI=1S/C24H26FN3O3/c1-16(2)17-7-11-21(12-8-17)30-15-22(29)28-13-3-4-19(14-28)24-27-26-23(31-24)18-5-9-20(25)10-6-18/h5-12,16,19H,3-4,13-15H2,1-2H3. The Morgan fingerprint density at radius 1 is 1.16 bits per heavy atom. The first-order valence-electron chi connectivity index (χ1n) is 10.6. The van der Waals surface area contributed by atoms with Crippen molar-refractivity contribution in [2.45, 2.75) is 38.5 Å². The third kappa shape index (κ3) is 5.10. The maximum absolute atomic E-state index is 13.1. The van der Waals surface area contributed by atoms with Gasteiger partial charge in [-0.05, 0) is 60.7 Å². The zero-order valence-electron chi connectivity index (χ0n) is 17.8. The van der Waals surface area contributed by atoms with E-state index < -0.39 is 0 Å². The molecule has 2 heterocycles. The van der Waals surface area contributed by atoms with Crippen molar-refractivity contribution >= 4 is 5.91 Å². The summed E-state index contributed by atoms with van der Waals surface area (Å²) in [7, 11) is 0. The van der Waals surface area contributed by atoms with E-state index >= 15 is 0 Å². The van der Waals surface area contributed by atoms with Crippen LogP contribution in [0.2, 0.25) is 0 Å². The number of rotatable bonds is 6. The number of nitrogens with zero attached hydrogens (tertiary/aromatic N) is 3. The van der Waals surface area contributed by atoms with Crippen LogP contribution in [0.25, 0.3) is 11.5 Å². The van der Waals surface area contributed by atoms with E-state index in [-0.39, 0.29) is 24.2 Å². The molecule has 1 saturated heterocycles. The Morgan fingerprint density at radius 3 is 2.61 bits per heavy atom. The third-order valence-corrected chi connectivity index (χ3v) is 5.56. The van der Waals surface area contributed by atoms with Gasteiger partial charge in [0, 0.05) is 18.7 Å². The molecule has 162 valence electrons. The molecule has 2 aromatic carbocycles. The van der Waals surface area contributed by atoms with Gasteiger partial charge in [0.15, 0.2) is 6.61 Å². The number of aromatic nitrogens is 2. The van der Waals surface area contributed by atoms with Crippen molar-refractivity contribution in [3.63, 3.8) is 0 Å². The molecule has 0 spiro atoms. The third-order valence-electron chi connectivity index (χ3n) is 5.56. The fourth-order valence-corrected chi connectivity index (χ4v) is 3.70. The quantitative estimate of drug-likeness (QED) is 0.571. The highest BCUT2D eigenvalue weighted by atomic mass is 19.1. The molecule has 0 radical (unpaired) electrons. The summed E-state index contributed by atoms with van der Waals surface area (Å²) in [6.45, 7) is 5.47. The van der Waals surface area contributed by atoms with Gasteiger partial charge in [0.1, 0.15) is 11.6 Å². The number of hydrogen-bond acceptors (Lipinski definition) is 5. The van der Waals surface area contributed by atoms with Gasteiger partial charge in [-0.3, -0.25) is 4.79 Å². The van der Waals surface area contributed by atoms with Crippen LogP contribution in [0.5, 0.6) is 5.75 Å². The van der Waals surface area contributed by atoms with E-state index in [4.69, 9.17) is 9.15 Å². The lowest BCUT2D eigenvalue weighted by molar-refractivity contribution is -0.134. The number of carbonyl (C=O) groups excluding carboxylic acids is 1. The Balaban J connectivity index is 1.35. The maximum atomic E-state index is 13.1. The van der Waals surface area contributed by atoms with E-state index in [9.17, 15) is 9.18 Å². The minimum Gasteiger partial charge on any atom is -0.484 e. The molecule has 1 fully saturated rings. The van der Waals surface area contributed by atoms with Gasteiger partial charge < -0.3 is 14.1 Å². The van der Waals surface area contributed by atoms with Crippen molar-refractivity contribution in [2.75, 3.05) is 19.7 Å². The van der Waals surface area contributed by atoms with Gasteiger partial charge in [0.25, 0.3) is 5.91 Å². The van der Waals surface area contributed by atoms with Crippen LogP contribution in [0.1, 0.15) is 50.0 Å². The number of piperidine rings is 1. The zero-order valence-corrected chi connectivity index (χ0v) is 17.8. The lowest BCUT2D eigenvalue weighted by Crippen LogP contribution is -2.41. The number of amides is 1. The summed E-state index contributed by atoms with van der Waals surface area (Å²) in [5, 5.41) is 8.26. The number of hydrogen-bond donors (Lipinski definition) is 0. The molecule has 6 nitrogen and oxygen atoms in total. The Kier molecular flexibility index (Phi) is 6.30. The largest absolute Gasteiger partial charge is 0.484 e. The first-order valence-corrected chi connectivity index (χ1v) is 10.6. The van der Waals surface area contributed by atoms with Crippen molar-refractivity contribution in [3.8, 4) is 17.2 Å². The van der Waals surface area contributed by atoms with Crippen LogP contribution < -0.4 is 4.74 Å². The molecule has 0 N–H and O–H groups in total. The van der Waals surface area contributed by atoms with Crippen LogP contribution >= 0.6 is 0 Å². The lowest BCUT2D eigenvalue weighted by atomic mass is 9.98. The summed E-state index contributed by atoms with van der Waals surface area (Å²) in [6, 6.07) is 13.8. The van der Waals surface area contributed by atoms with Crippen LogP contribution in [-0.4, -0.2) is 40.7 Å². The number of ether oxygens (including phenoxy) is 1. The van der Waals surface area contributed by atoms with Gasteiger partial charge in [-0.25, -0.2) is 4.39 Å². The van der Waals surface area contributed by atoms with Crippen molar-refractivity contribution in [2.24, 2.45) is 0 Å². The van der Waals surface area contributed by atoms with E-state index in [0.29, 0.717) is 42.1 Å². The van der Waals surface area contributed by atoms with Gasteiger partial charge >= 0.3 is 0 Å². The molecular weight excluding hydrogens is 397 g/mol. The van der Waals surface area contributed by atoms with Gasteiger partial charge in [-0.15, -0.1) is 10.2 Å². The van der Waals surface area contributed by atoms with E-state index in [1.807, 2.05) is 24.3 Å². The molecule has 7 heteroatoms. The Morgan fingerprint density at radius 2 is 1.90 bits per heavy atom. The predicted molar refractivity (Wildman–Crippen MR) is 114 cm³/mol. The smallest absolute Gasteiger partial charge is 0.260 e. The molecule has 1 aliphatic heterocycles. The molecule has 0 aliphatic carbocycles. The minimum atomic E-state index is -0.317. The van der Waals surface area contributed by atoms with Crippen molar-refractivity contribution in [1.29, 1.82) is 0 Å². The number of likely N-dealkylation sites (tertiary alicyclic amines) is 1. The molecule has 1 unspecified atom stereocenters. The van der Waals surface area contributed by atoms with Gasteiger partial charge in [-0.1, -0.05) is 26.0 Å². The molecule has 0 bridgehead atoms. The monoisotopic (exact) mass is 423 g/mol. The highest BCUT2D eigenvalue weighted by Gasteiger charge is 2.28. The molecule has 1 amide bonds. The summed E-state index contributed by atoms with van der Waals surface area (Å²) in [5.74, 6) is 1.60. The van der Waals surface area contributed by atoms with Crippen molar-refractivity contribution in [1.82, 2.24) is 15.1 Å². The molecule has 1 atom stereocenters. The molecule has 4 rings (SSSR count). The summed E-state index contributed by atoms with van der Waals surface area (Å²) in [6.07, 6.45) is 1.72. The number of benzene rings is 2. The van der Waals surface area contributed by atoms with Crippen LogP contribution in [0.3, 0.4) is 0 Å². The fourth-order valence-electron chi connectivity index (χ4n) is 3.70. The second-order valence-electron chi connectivity index (χ2n) is 8.14. The second kappa shape index (κ2) is 9.29. The van der Waals surface area contributed by atoms with Crippen LogP contribution in [-0.2, 0) is 4.79 Å². The summed E-state index contributed by atoms with van der Waals surface area (Å²) in [4.78, 5) is 14.5. The average Bonchev–Trinajstić information content (AvgIpc) is 3.28. The normalized spacial score (nSPS) is 16.5. The van der Waals surface area contributed by atoms with E-state index in [0.717, 1.165) is 12.8 Å². The van der Waals surface area contributed by atoms with Crippen molar-refractivity contribution in [3.05, 3.63) is 65.8 Å². The SMILES string of the molecule is CC(C)c1ccc(OCC(=O)N2CCCC(c3nnc(-c4ccc(F)cc4)o3)C2)cc1. The number of carbonyl (C=O) groups is 1. The summed E-state index contributed by atoms with van der Waals surface area (Å²) >= 11 is 0. The predicted octanol–water partition coefficient (Wildman–Crippen LogP) is 4.78. The Bertz CT molecular complexity index is 1020. The highest BCUT2D eigenvalue weighted by Crippen LogP contribution is 2.28. The first-order chi connectivity index (χ1) is 15.0.